The van der Waals surface area contributed by atoms with E-state index in [0.717, 1.165) is 24.8 Å². The number of hydrogen-bond acceptors (Lipinski definition) is 4. The molecule has 1 rings (SSSR count). The van der Waals surface area contributed by atoms with Crippen molar-refractivity contribution in [2.24, 2.45) is 0 Å². The van der Waals surface area contributed by atoms with Crippen LogP contribution in [0.4, 0.5) is 0 Å². The minimum absolute atomic E-state index is 0.0414. The van der Waals surface area contributed by atoms with Crippen LogP contribution in [0.3, 0.4) is 0 Å². The molecule has 162 valence electrons. The lowest BCUT2D eigenvalue weighted by Crippen LogP contribution is -2.53. The largest absolute Gasteiger partial charge is 0.357 e. The van der Waals surface area contributed by atoms with Crippen LogP contribution < -0.4 is 21.3 Å². The van der Waals surface area contributed by atoms with Crippen LogP contribution in [-0.2, 0) is 14.4 Å². The molecule has 0 spiro atoms. The van der Waals surface area contributed by atoms with Crippen molar-refractivity contribution in [3.63, 3.8) is 0 Å². The van der Waals surface area contributed by atoms with Gasteiger partial charge in [-0.3, -0.25) is 14.4 Å². The van der Waals surface area contributed by atoms with Crippen LogP contribution in [0, 0.1) is 0 Å². The van der Waals surface area contributed by atoms with Gasteiger partial charge in [0.2, 0.25) is 17.7 Å². The lowest BCUT2D eigenvalue weighted by Gasteiger charge is -2.26. The van der Waals surface area contributed by atoms with Crippen LogP contribution >= 0.6 is 0 Å². The van der Waals surface area contributed by atoms with Crippen molar-refractivity contribution >= 4 is 17.7 Å². The normalized spacial score (nSPS) is 13.8. The number of nitrogens with one attached hydrogen (secondary N) is 4. The summed E-state index contributed by atoms with van der Waals surface area (Å²) in [5.74, 6) is -0.403. The lowest BCUT2D eigenvalue weighted by molar-refractivity contribution is -0.130. The zero-order valence-corrected chi connectivity index (χ0v) is 18.1. The molecule has 1 aromatic carbocycles. The number of carbonyl (C=O) groups excluding carboxylic acids is 3. The Labute approximate surface area is 174 Å². The molecule has 0 aliphatic heterocycles. The Morgan fingerprint density at radius 3 is 2.28 bits per heavy atom. The molecule has 0 fully saturated rings. The van der Waals surface area contributed by atoms with Crippen molar-refractivity contribution in [2.75, 3.05) is 20.6 Å². The summed E-state index contributed by atoms with van der Waals surface area (Å²) >= 11 is 0. The summed E-state index contributed by atoms with van der Waals surface area (Å²) in [6.07, 6.45) is 3.36. The fraction of sp³-hybridized carbons (Fsp3) is 0.591. The van der Waals surface area contributed by atoms with Crippen LogP contribution in [0.5, 0.6) is 0 Å². The van der Waals surface area contributed by atoms with Gasteiger partial charge < -0.3 is 21.3 Å². The lowest BCUT2D eigenvalue weighted by atomic mass is 9.92. The van der Waals surface area contributed by atoms with Crippen molar-refractivity contribution in [3.8, 4) is 0 Å². The van der Waals surface area contributed by atoms with Gasteiger partial charge in [-0.25, -0.2) is 0 Å². The average molecular weight is 405 g/mol. The molecule has 3 unspecified atom stereocenters. The number of unbranched alkanes of at least 4 members (excludes halogenated alkanes) is 1. The number of likely N-dealkylation sites (N-methyl/N-ethyl adjacent to an activating group) is 2. The predicted molar refractivity (Wildman–Crippen MR) is 115 cm³/mol. The van der Waals surface area contributed by atoms with Crippen molar-refractivity contribution < 1.29 is 14.4 Å². The first kappa shape index (κ1) is 24.6. The topological polar surface area (TPSA) is 99.3 Å². The molecule has 29 heavy (non-hydrogen) atoms. The quantitative estimate of drug-likeness (QED) is 0.376. The summed E-state index contributed by atoms with van der Waals surface area (Å²) in [5, 5.41) is 11.4. The predicted octanol–water partition coefficient (Wildman–Crippen LogP) is 1.70. The number of hydrogen-bond donors (Lipinski definition) is 4. The first-order valence-electron chi connectivity index (χ1n) is 10.4. The Bertz CT molecular complexity index is 636. The molecule has 0 saturated heterocycles. The zero-order valence-electron chi connectivity index (χ0n) is 18.1. The van der Waals surface area contributed by atoms with Gasteiger partial charge >= 0.3 is 0 Å². The van der Waals surface area contributed by atoms with Gasteiger partial charge in [-0.2, -0.15) is 0 Å². The smallest absolute Gasteiger partial charge is 0.242 e. The Hall–Kier alpha value is -2.41. The number of benzene rings is 1. The third kappa shape index (κ3) is 8.64. The molecule has 0 aliphatic rings. The SMILES string of the molecule is CCCC(=O)NCCCCC(NC(=O)C(NC)C(C)c1ccccc1)C(=O)NC. The van der Waals surface area contributed by atoms with Gasteiger partial charge in [0.05, 0.1) is 6.04 Å². The van der Waals surface area contributed by atoms with E-state index in [4.69, 9.17) is 0 Å². The maximum atomic E-state index is 12.9. The number of rotatable bonds is 13. The maximum absolute atomic E-state index is 12.9. The summed E-state index contributed by atoms with van der Waals surface area (Å²) in [6, 6.07) is 8.77. The molecule has 0 heterocycles. The highest BCUT2D eigenvalue weighted by atomic mass is 16.2. The maximum Gasteiger partial charge on any atom is 0.242 e. The Balaban J connectivity index is 2.60. The molecule has 1 aromatic rings. The van der Waals surface area contributed by atoms with E-state index in [-0.39, 0.29) is 23.6 Å². The van der Waals surface area contributed by atoms with E-state index in [0.29, 0.717) is 19.4 Å². The van der Waals surface area contributed by atoms with E-state index in [1.54, 1.807) is 14.1 Å². The molecule has 3 amide bonds. The van der Waals surface area contributed by atoms with Crippen molar-refractivity contribution in [2.45, 2.75) is 64.0 Å². The van der Waals surface area contributed by atoms with E-state index in [2.05, 4.69) is 21.3 Å². The highest BCUT2D eigenvalue weighted by Crippen LogP contribution is 2.19. The molecule has 7 nitrogen and oxygen atoms in total. The second-order valence-electron chi connectivity index (χ2n) is 7.24. The first-order valence-corrected chi connectivity index (χ1v) is 10.4. The molecular weight excluding hydrogens is 368 g/mol. The summed E-state index contributed by atoms with van der Waals surface area (Å²) in [7, 11) is 3.31. The van der Waals surface area contributed by atoms with Crippen LogP contribution in [0.25, 0.3) is 0 Å². The fourth-order valence-electron chi connectivity index (χ4n) is 3.28. The van der Waals surface area contributed by atoms with Gasteiger partial charge in [0.15, 0.2) is 0 Å². The molecule has 4 N–H and O–H groups in total. The van der Waals surface area contributed by atoms with Gasteiger partial charge in [0.1, 0.15) is 6.04 Å². The molecule has 0 aromatic heterocycles. The molecule has 0 radical (unpaired) electrons. The molecule has 7 heteroatoms. The van der Waals surface area contributed by atoms with Crippen molar-refractivity contribution in [1.82, 2.24) is 21.3 Å². The molecular formula is C22H36N4O3. The van der Waals surface area contributed by atoms with E-state index in [1.807, 2.05) is 44.2 Å². The van der Waals surface area contributed by atoms with E-state index in [1.165, 1.54) is 0 Å². The highest BCUT2D eigenvalue weighted by Gasteiger charge is 2.28. The van der Waals surface area contributed by atoms with E-state index < -0.39 is 12.1 Å². The second kappa shape index (κ2) is 13.7. The van der Waals surface area contributed by atoms with E-state index in [9.17, 15) is 14.4 Å². The Morgan fingerprint density at radius 1 is 1.00 bits per heavy atom. The number of carbonyl (C=O) groups is 3. The highest BCUT2D eigenvalue weighted by molar-refractivity contribution is 5.90. The summed E-state index contributed by atoms with van der Waals surface area (Å²) in [5.41, 5.74) is 1.06. The van der Waals surface area contributed by atoms with Gasteiger partial charge in [0.25, 0.3) is 0 Å². The second-order valence-corrected chi connectivity index (χ2v) is 7.24. The van der Waals surface area contributed by atoms with Crippen LogP contribution in [0.1, 0.15) is 57.4 Å². The summed E-state index contributed by atoms with van der Waals surface area (Å²) in [4.78, 5) is 36.6. The third-order valence-corrected chi connectivity index (χ3v) is 5.02. The van der Waals surface area contributed by atoms with Gasteiger partial charge in [0, 0.05) is 25.9 Å². The average Bonchev–Trinajstić information content (AvgIpc) is 2.73. The van der Waals surface area contributed by atoms with Crippen molar-refractivity contribution in [1.29, 1.82) is 0 Å². The molecule has 3 atom stereocenters. The summed E-state index contributed by atoms with van der Waals surface area (Å²) in [6.45, 7) is 4.54. The van der Waals surface area contributed by atoms with Crippen LogP contribution in [0.2, 0.25) is 0 Å². The van der Waals surface area contributed by atoms with Gasteiger partial charge in [-0.05, 0) is 38.3 Å². The van der Waals surface area contributed by atoms with E-state index >= 15 is 0 Å². The summed E-state index contributed by atoms with van der Waals surface area (Å²) < 4.78 is 0. The Kier molecular flexibility index (Phi) is 11.6. The Morgan fingerprint density at radius 2 is 1.69 bits per heavy atom. The number of amides is 3. The monoisotopic (exact) mass is 404 g/mol. The van der Waals surface area contributed by atoms with Crippen LogP contribution in [-0.4, -0.2) is 50.4 Å². The first-order chi connectivity index (χ1) is 13.9. The minimum Gasteiger partial charge on any atom is -0.357 e. The molecule has 0 bridgehead atoms. The standard InChI is InChI=1S/C22H36N4O3/c1-5-11-19(27)25-15-10-9-14-18(21(28)24-4)26-22(29)20(23-3)16(2)17-12-7-6-8-13-17/h6-8,12-13,16,18,20,23H,5,9-11,14-15H2,1-4H3,(H,24,28)(H,25,27)(H,26,29). The van der Waals surface area contributed by atoms with Crippen molar-refractivity contribution in [3.05, 3.63) is 35.9 Å². The molecule has 0 aliphatic carbocycles. The minimum atomic E-state index is -0.599. The van der Waals surface area contributed by atoms with Gasteiger partial charge in [-0.1, -0.05) is 44.2 Å². The zero-order chi connectivity index (χ0) is 21.6. The third-order valence-electron chi connectivity index (χ3n) is 5.02. The molecule has 0 saturated carbocycles. The fourth-order valence-corrected chi connectivity index (χ4v) is 3.28. The van der Waals surface area contributed by atoms with Gasteiger partial charge in [-0.15, -0.1) is 0 Å². The van der Waals surface area contributed by atoms with Crippen LogP contribution in [0.15, 0.2) is 30.3 Å².